The lowest BCUT2D eigenvalue weighted by molar-refractivity contribution is -0.384. The van der Waals surface area contributed by atoms with E-state index >= 15 is 0 Å². The first kappa shape index (κ1) is 13.9. The van der Waals surface area contributed by atoms with Crippen molar-refractivity contribution < 1.29 is 14.1 Å². The van der Waals surface area contributed by atoms with Crippen molar-refractivity contribution in [3.63, 3.8) is 0 Å². The second-order valence-electron chi connectivity index (χ2n) is 4.60. The summed E-state index contributed by atoms with van der Waals surface area (Å²) in [5, 5.41) is 20.8. The van der Waals surface area contributed by atoms with Crippen LogP contribution in [0.25, 0.3) is 0 Å². The molecule has 0 atom stereocenters. The summed E-state index contributed by atoms with van der Waals surface area (Å²) in [7, 11) is 0. The minimum atomic E-state index is -0.551. The Labute approximate surface area is 132 Å². The minimum Gasteiger partial charge on any atom is -0.408 e. The molecule has 21 heavy (non-hydrogen) atoms. The van der Waals surface area contributed by atoms with Gasteiger partial charge in [-0.1, -0.05) is 5.10 Å². The summed E-state index contributed by atoms with van der Waals surface area (Å²) in [5.41, 5.74) is 0.0423. The number of nitrogens with one attached hydrogen (secondary N) is 1. The molecule has 1 aromatic heterocycles. The Morgan fingerprint density at radius 1 is 1.43 bits per heavy atom. The van der Waals surface area contributed by atoms with Crippen LogP contribution in [0, 0.1) is 13.7 Å². The zero-order valence-corrected chi connectivity index (χ0v) is 12.7. The summed E-state index contributed by atoms with van der Waals surface area (Å²) >= 11 is 1.93. The summed E-state index contributed by atoms with van der Waals surface area (Å²) in [4.78, 5) is 22.3. The van der Waals surface area contributed by atoms with Crippen LogP contribution in [0.5, 0.6) is 0 Å². The van der Waals surface area contributed by atoms with Gasteiger partial charge in [-0.15, -0.1) is 5.10 Å². The lowest BCUT2D eigenvalue weighted by Gasteiger charge is -2.03. The van der Waals surface area contributed by atoms with E-state index in [-0.39, 0.29) is 17.3 Å². The quantitative estimate of drug-likeness (QED) is 0.480. The molecule has 1 fully saturated rings. The first-order valence-corrected chi connectivity index (χ1v) is 7.21. The fraction of sp³-hybridized carbons (Fsp3) is 0.250. The van der Waals surface area contributed by atoms with Crippen molar-refractivity contribution in [1.29, 1.82) is 0 Å². The number of halogens is 1. The van der Waals surface area contributed by atoms with Gasteiger partial charge in [0.2, 0.25) is 5.89 Å². The van der Waals surface area contributed by atoms with Crippen LogP contribution >= 0.6 is 22.6 Å². The number of non-ortho nitro benzene ring substituents is 1. The van der Waals surface area contributed by atoms with Crippen LogP contribution in [0.4, 0.5) is 11.7 Å². The smallest absolute Gasteiger partial charge is 0.322 e. The van der Waals surface area contributed by atoms with Gasteiger partial charge >= 0.3 is 6.01 Å². The van der Waals surface area contributed by atoms with Crippen LogP contribution in [-0.2, 0) is 0 Å². The van der Waals surface area contributed by atoms with E-state index in [0.29, 0.717) is 15.4 Å². The molecule has 0 spiro atoms. The Hall–Kier alpha value is -2.04. The van der Waals surface area contributed by atoms with Gasteiger partial charge in [0, 0.05) is 21.6 Å². The van der Waals surface area contributed by atoms with Gasteiger partial charge < -0.3 is 4.42 Å². The number of nitro benzene ring substituents is 1. The molecule has 0 unspecified atom stereocenters. The van der Waals surface area contributed by atoms with E-state index in [9.17, 15) is 14.9 Å². The maximum Gasteiger partial charge on any atom is 0.322 e. The van der Waals surface area contributed by atoms with Crippen LogP contribution < -0.4 is 5.32 Å². The van der Waals surface area contributed by atoms with Crippen molar-refractivity contribution >= 4 is 40.2 Å². The van der Waals surface area contributed by atoms with Crippen LogP contribution in [0.1, 0.15) is 35.0 Å². The van der Waals surface area contributed by atoms with Crippen molar-refractivity contribution in [2.75, 3.05) is 5.32 Å². The molecule has 1 aromatic carbocycles. The van der Waals surface area contributed by atoms with E-state index in [1.54, 1.807) is 0 Å². The van der Waals surface area contributed by atoms with Gasteiger partial charge in [-0.05, 0) is 41.5 Å². The number of aromatic nitrogens is 2. The van der Waals surface area contributed by atoms with E-state index in [0.717, 1.165) is 12.8 Å². The molecule has 3 rings (SSSR count). The lowest BCUT2D eigenvalue weighted by atomic mass is 10.2. The summed E-state index contributed by atoms with van der Waals surface area (Å²) < 4.78 is 5.92. The maximum absolute atomic E-state index is 12.1. The number of hydrogen-bond acceptors (Lipinski definition) is 6. The van der Waals surface area contributed by atoms with Crippen LogP contribution in [0.3, 0.4) is 0 Å². The predicted molar refractivity (Wildman–Crippen MR) is 80.0 cm³/mol. The molecule has 0 saturated heterocycles. The van der Waals surface area contributed by atoms with Gasteiger partial charge in [0.25, 0.3) is 11.6 Å². The van der Waals surface area contributed by atoms with E-state index in [1.165, 1.54) is 18.2 Å². The van der Waals surface area contributed by atoms with Crippen molar-refractivity contribution in [2.45, 2.75) is 18.8 Å². The second kappa shape index (κ2) is 5.39. The molecule has 0 aliphatic heterocycles. The second-order valence-corrected chi connectivity index (χ2v) is 5.76. The highest BCUT2D eigenvalue weighted by Gasteiger charge is 2.29. The number of amides is 1. The topological polar surface area (TPSA) is 111 Å². The number of carbonyl (C=O) groups excluding carboxylic acids is 1. The number of rotatable bonds is 4. The van der Waals surface area contributed by atoms with Gasteiger partial charge in [-0.2, -0.15) is 0 Å². The first-order valence-electron chi connectivity index (χ1n) is 6.13. The first-order chi connectivity index (χ1) is 10.0. The Bertz CT molecular complexity index is 726. The minimum absolute atomic E-state index is 0.00389. The zero-order valence-electron chi connectivity index (χ0n) is 10.6. The number of benzene rings is 1. The molecule has 0 bridgehead atoms. The molecule has 1 aliphatic rings. The third-order valence-electron chi connectivity index (χ3n) is 2.99. The predicted octanol–water partition coefficient (Wildman–Crippen LogP) is 2.71. The summed E-state index contributed by atoms with van der Waals surface area (Å²) in [6, 6.07) is 4.08. The average molecular weight is 400 g/mol. The standard InChI is InChI=1S/C12H9IN4O4/c13-9-4-3-7(17(19)20)5-8(9)10(18)14-12-16-15-11(21-12)6-1-2-6/h3-6H,1-2H2,(H,14,16,18). The fourth-order valence-corrected chi connectivity index (χ4v) is 2.33. The number of anilines is 1. The van der Waals surface area contributed by atoms with Gasteiger partial charge in [0.15, 0.2) is 0 Å². The molecular weight excluding hydrogens is 391 g/mol. The third kappa shape index (κ3) is 3.01. The molecular formula is C12H9IN4O4. The van der Waals surface area contributed by atoms with Gasteiger partial charge in [-0.3, -0.25) is 20.2 Å². The summed E-state index contributed by atoms with van der Waals surface area (Å²) in [6.45, 7) is 0. The Morgan fingerprint density at radius 3 is 2.86 bits per heavy atom. The van der Waals surface area contributed by atoms with Crippen LogP contribution in [0.2, 0.25) is 0 Å². The highest BCUT2D eigenvalue weighted by atomic mass is 127. The number of nitro groups is 1. The lowest BCUT2D eigenvalue weighted by Crippen LogP contribution is -2.14. The molecule has 1 N–H and O–H groups in total. The Balaban J connectivity index is 1.80. The van der Waals surface area contributed by atoms with Crippen molar-refractivity contribution in [3.05, 3.63) is 43.3 Å². The highest BCUT2D eigenvalue weighted by Crippen LogP contribution is 2.39. The van der Waals surface area contributed by atoms with Crippen LogP contribution in [-0.4, -0.2) is 21.0 Å². The Morgan fingerprint density at radius 2 is 2.19 bits per heavy atom. The van der Waals surface area contributed by atoms with Crippen molar-refractivity contribution in [2.24, 2.45) is 0 Å². The molecule has 1 aliphatic carbocycles. The van der Waals surface area contributed by atoms with E-state index in [2.05, 4.69) is 15.5 Å². The van der Waals surface area contributed by atoms with Crippen molar-refractivity contribution in [3.8, 4) is 0 Å². The van der Waals surface area contributed by atoms with Crippen molar-refractivity contribution in [1.82, 2.24) is 10.2 Å². The number of carbonyl (C=O) groups is 1. The number of nitrogens with zero attached hydrogens (tertiary/aromatic N) is 3. The average Bonchev–Trinajstić information content (AvgIpc) is 3.20. The number of hydrogen-bond donors (Lipinski definition) is 1. The van der Waals surface area contributed by atoms with E-state index in [1.807, 2.05) is 22.6 Å². The Kier molecular flexibility index (Phi) is 3.57. The molecule has 1 amide bonds. The zero-order chi connectivity index (χ0) is 15.0. The van der Waals surface area contributed by atoms with Gasteiger partial charge in [0.1, 0.15) is 0 Å². The molecule has 9 heteroatoms. The molecule has 1 saturated carbocycles. The van der Waals surface area contributed by atoms with Crippen LogP contribution in [0.15, 0.2) is 22.6 Å². The molecule has 108 valence electrons. The molecule has 2 aromatic rings. The third-order valence-corrected chi connectivity index (χ3v) is 3.93. The fourth-order valence-electron chi connectivity index (χ4n) is 1.75. The van der Waals surface area contributed by atoms with E-state index in [4.69, 9.17) is 4.42 Å². The molecule has 1 heterocycles. The largest absolute Gasteiger partial charge is 0.408 e. The normalized spacial score (nSPS) is 14.0. The maximum atomic E-state index is 12.1. The molecule has 0 radical (unpaired) electrons. The summed E-state index contributed by atoms with van der Waals surface area (Å²) in [5.74, 6) is 0.286. The monoisotopic (exact) mass is 400 g/mol. The van der Waals surface area contributed by atoms with Gasteiger partial charge in [-0.25, -0.2) is 0 Å². The SMILES string of the molecule is O=C(Nc1nnc(C2CC2)o1)c1cc([N+](=O)[O-])ccc1I. The van der Waals surface area contributed by atoms with Gasteiger partial charge in [0.05, 0.1) is 10.5 Å². The van der Waals surface area contributed by atoms with E-state index < -0.39 is 10.8 Å². The highest BCUT2D eigenvalue weighted by molar-refractivity contribution is 14.1. The summed E-state index contributed by atoms with van der Waals surface area (Å²) in [6.07, 6.45) is 2.02. The molecule has 8 nitrogen and oxygen atoms in total.